The van der Waals surface area contributed by atoms with Crippen LogP contribution in [0.2, 0.25) is 0 Å². The van der Waals surface area contributed by atoms with E-state index in [0.29, 0.717) is 0 Å². The van der Waals surface area contributed by atoms with E-state index in [1.807, 2.05) is 16.8 Å². The summed E-state index contributed by atoms with van der Waals surface area (Å²) in [4.78, 5) is 5.67. The van der Waals surface area contributed by atoms with E-state index in [9.17, 15) is 0 Å². The first-order valence-corrected chi connectivity index (χ1v) is 17.9. The minimum atomic E-state index is -0.209. The van der Waals surface area contributed by atoms with E-state index in [4.69, 9.17) is 14.8 Å². The van der Waals surface area contributed by atoms with E-state index in [1.165, 1.54) is 60.5 Å². The Morgan fingerprint density at radius 3 is 2.20 bits per heavy atom. The van der Waals surface area contributed by atoms with Crippen LogP contribution in [0.5, 0.6) is 11.5 Å². The smallest absolute Gasteiger partial charge is 0.145 e. The molecule has 6 heteroatoms. The standard InChI is InChI=1S/C45H37N5O/c1-44(2)35-15-9-14-33-32-19-18-31-25-34(32)43-46-36(42(45(44,3)4)50(43)41(33)35)23-27-11-7-17-38-40(27)39-26(10-6-16-37(39)48(38)5)22-28-20-21-49(47-28)29-12-8-13-30(24-29)51-31/h6-21,24-25H,22-23H2,1-5H3. The first kappa shape index (κ1) is 28.9. The minimum Gasteiger partial charge on any atom is -0.457 e. The van der Waals surface area contributed by atoms with Gasteiger partial charge in [-0.3, -0.25) is 4.40 Å². The lowest BCUT2D eigenvalue weighted by atomic mass is 9.60. The molecule has 0 saturated carbocycles. The number of imidazole rings is 1. The number of benzene rings is 5. The molecule has 2 aliphatic heterocycles. The molecule has 0 aliphatic carbocycles. The molecule has 6 nitrogen and oxygen atoms in total. The molecule has 6 heterocycles. The van der Waals surface area contributed by atoms with E-state index in [-0.39, 0.29) is 10.8 Å². The molecule has 0 spiro atoms. The Labute approximate surface area is 295 Å². The second-order valence-corrected chi connectivity index (χ2v) is 15.6. The zero-order valence-electron chi connectivity index (χ0n) is 29.5. The third-order valence-corrected chi connectivity index (χ3v) is 12.5. The first-order valence-electron chi connectivity index (χ1n) is 17.9. The number of fused-ring (bicyclic) bond motifs is 9. The Bertz CT molecular complexity index is 2970. The molecule has 0 amide bonds. The van der Waals surface area contributed by atoms with E-state index in [0.717, 1.165) is 52.4 Å². The van der Waals surface area contributed by atoms with Crippen molar-refractivity contribution in [1.82, 2.24) is 23.7 Å². The molecule has 4 aromatic heterocycles. The molecule has 0 fully saturated rings. The van der Waals surface area contributed by atoms with Crippen molar-refractivity contribution in [3.63, 3.8) is 0 Å². The van der Waals surface area contributed by atoms with E-state index < -0.39 is 0 Å². The average molecular weight is 664 g/mol. The van der Waals surface area contributed by atoms with Gasteiger partial charge in [0.15, 0.2) is 0 Å². The summed E-state index contributed by atoms with van der Waals surface area (Å²) >= 11 is 0. The van der Waals surface area contributed by atoms with Crippen molar-refractivity contribution < 1.29 is 4.74 Å². The molecule has 0 radical (unpaired) electrons. The van der Waals surface area contributed by atoms with E-state index >= 15 is 0 Å². The van der Waals surface area contributed by atoms with Crippen LogP contribution in [0.3, 0.4) is 0 Å². The highest BCUT2D eigenvalue weighted by atomic mass is 16.5. The van der Waals surface area contributed by atoms with Crippen LogP contribution in [-0.4, -0.2) is 23.7 Å². The van der Waals surface area contributed by atoms with Crippen molar-refractivity contribution in [2.75, 3.05) is 0 Å². The van der Waals surface area contributed by atoms with Crippen molar-refractivity contribution >= 4 is 49.1 Å². The molecule has 0 N–H and O–H groups in total. The van der Waals surface area contributed by atoms with Gasteiger partial charge >= 0.3 is 0 Å². The van der Waals surface area contributed by atoms with Gasteiger partial charge in [0.25, 0.3) is 0 Å². The molecule has 2 aliphatic rings. The molecule has 8 bridgehead atoms. The lowest BCUT2D eigenvalue weighted by molar-refractivity contribution is 0.286. The summed E-state index contributed by atoms with van der Waals surface area (Å²) in [5.41, 5.74) is 12.7. The summed E-state index contributed by atoms with van der Waals surface area (Å²) in [6.07, 6.45) is 3.51. The molecule has 51 heavy (non-hydrogen) atoms. The maximum absolute atomic E-state index is 6.61. The summed E-state index contributed by atoms with van der Waals surface area (Å²) in [5.74, 6) is 1.55. The fourth-order valence-electron chi connectivity index (χ4n) is 9.31. The third kappa shape index (κ3) is 3.72. The predicted octanol–water partition coefficient (Wildman–Crippen LogP) is 10.3. The minimum absolute atomic E-state index is 0.137. The van der Waals surface area contributed by atoms with Crippen molar-refractivity contribution in [3.05, 3.63) is 143 Å². The van der Waals surface area contributed by atoms with Gasteiger partial charge in [-0.05, 0) is 70.6 Å². The van der Waals surface area contributed by atoms with Gasteiger partial charge in [-0.2, -0.15) is 5.10 Å². The maximum Gasteiger partial charge on any atom is 0.145 e. The lowest BCUT2D eigenvalue weighted by Crippen LogP contribution is -2.44. The summed E-state index contributed by atoms with van der Waals surface area (Å²) < 4.78 is 13.4. The van der Waals surface area contributed by atoms with Gasteiger partial charge in [0.1, 0.15) is 17.1 Å². The topological polar surface area (TPSA) is 49.3 Å². The van der Waals surface area contributed by atoms with Gasteiger partial charge in [-0.25, -0.2) is 9.67 Å². The normalized spacial score (nSPS) is 15.9. The van der Waals surface area contributed by atoms with Crippen molar-refractivity contribution in [2.24, 2.45) is 7.05 Å². The summed E-state index contributed by atoms with van der Waals surface area (Å²) in [7, 11) is 2.19. The van der Waals surface area contributed by atoms with Crippen molar-refractivity contribution in [1.29, 1.82) is 0 Å². The molecule has 0 atom stereocenters. The van der Waals surface area contributed by atoms with Crippen LogP contribution in [0, 0.1) is 0 Å². The molecule has 248 valence electrons. The molecule has 11 rings (SSSR count). The number of ether oxygens (including phenoxy) is 1. The first-order chi connectivity index (χ1) is 24.7. The largest absolute Gasteiger partial charge is 0.457 e. The van der Waals surface area contributed by atoms with Gasteiger partial charge in [0.2, 0.25) is 0 Å². The molecular formula is C45H37N5O. The Hall–Kier alpha value is -5.88. The van der Waals surface area contributed by atoms with Crippen LogP contribution < -0.4 is 4.74 Å². The Kier molecular flexibility index (Phi) is 5.48. The van der Waals surface area contributed by atoms with Crippen LogP contribution in [0.1, 0.15) is 61.5 Å². The Balaban J connectivity index is 1.29. The Morgan fingerprint density at radius 2 is 1.39 bits per heavy atom. The summed E-state index contributed by atoms with van der Waals surface area (Å²) in [6.45, 7) is 9.64. The molecule has 9 aromatic rings. The maximum atomic E-state index is 6.61. The molecular weight excluding hydrogens is 627 g/mol. The average Bonchev–Trinajstić information content (AvgIpc) is 3.83. The summed E-state index contributed by atoms with van der Waals surface area (Å²) in [5, 5.41) is 11.2. The van der Waals surface area contributed by atoms with E-state index in [2.05, 4.69) is 141 Å². The quantitative estimate of drug-likeness (QED) is 0.152. The molecule has 0 unspecified atom stereocenters. The van der Waals surface area contributed by atoms with Crippen LogP contribution in [0.15, 0.2) is 109 Å². The van der Waals surface area contributed by atoms with E-state index in [1.54, 1.807) is 0 Å². The summed E-state index contributed by atoms with van der Waals surface area (Å²) in [6, 6.07) is 37.1. The fraction of sp³-hybridized carbons (Fsp3) is 0.200. The third-order valence-electron chi connectivity index (χ3n) is 12.5. The van der Waals surface area contributed by atoms with Crippen LogP contribution >= 0.6 is 0 Å². The van der Waals surface area contributed by atoms with Gasteiger partial charge in [-0.15, -0.1) is 0 Å². The number of rotatable bonds is 0. The zero-order valence-corrected chi connectivity index (χ0v) is 29.5. The van der Waals surface area contributed by atoms with Gasteiger partial charge in [0.05, 0.1) is 28.3 Å². The number of aryl methyl sites for hydroxylation is 1. The van der Waals surface area contributed by atoms with Gasteiger partial charge < -0.3 is 9.30 Å². The Morgan fingerprint density at radius 1 is 0.667 bits per heavy atom. The predicted molar refractivity (Wildman–Crippen MR) is 206 cm³/mol. The second kappa shape index (κ2) is 9.67. The number of pyridine rings is 1. The van der Waals surface area contributed by atoms with Crippen LogP contribution in [0.4, 0.5) is 0 Å². The van der Waals surface area contributed by atoms with Crippen molar-refractivity contribution in [2.45, 2.75) is 51.4 Å². The number of para-hydroxylation sites is 1. The van der Waals surface area contributed by atoms with Crippen LogP contribution in [-0.2, 0) is 30.7 Å². The molecule has 0 saturated heterocycles. The monoisotopic (exact) mass is 663 g/mol. The fourth-order valence-corrected chi connectivity index (χ4v) is 9.31. The van der Waals surface area contributed by atoms with Gasteiger partial charge in [-0.1, -0.05) is 76.2 Å². The highest BCUT2D eigenvalue weighted by Gasteiger charge is 2.48. The second-order valence-electron chi connectivity index (χ2n) is 15.6. The number of hydrogen-bond donors (Lipinski definition) is 0. The van der Waals surface area contributed by atoms with Crippen molar-refractivity contribution in [3.8, 4) is 17.2 Å². The SMILES string of the molecule is Cn1c2cccc3c2c2c(cccc21)Cc1nc2c4cc(ccc4c4cccc5c4n2c1C(C)(C)C5(C)C)Oc1cccc(c1)-n1ccc(n1)C3. The number of aromatic nitrogens is 5. The number of nitrogens with zero attached hydrogens (tertiary/aromatic N) is 5. The van der Waals surface area contributed by atoms with Crippen LogP contribution in [0.25, 0.3) is 54.8 Å². The molecule has 5 aromatic carbocycles. The van der Waals surface area contributed by atoms with Gasteiger partial charge in [0, 0.05) is 75.6 Å². The lowest BCUT2D eigenvalue weighted by Gasteiger charge is -2.46. The number of hydrogen-bond acceptors (Lipinski definition) is 3. The highest BCUT2D eigenvalue weighted by Crippen LogP contribution is 2.53. The highest BCUT2D eigenvalue weighted by molar-refractivity contribution is 6.14. The zero-order chi connectivity index (χ0) is 34.4.